The van der Waals surface area contributed by atoms with E-state index in [0.29, 0.717) is 5.69 Å². The fraction of sp³-hybridized carbons (Fsp3) is 0.259. The molecule has 2 amide bonds. The Bertz CT molecular complexity index is 1420. The van der Waals surface area contributed by atoms with E-state index in [2.05, 4.69) is 25.8 Å². The average Bonchev–Trinajstić information content (AvgIpc) is 3.25. The van der Waals surface area contributed by atoms with Crippen molar-refractivity contribution in [3.8, 4) is 5.75 Å². The molecule has 0 aliphatic heterocycles. The highest BCUT2D eigenvalue weighted by molar-refractivity contribution is 5.90. The number of carbonyl (C=O) groups is 2. The predicted molar refractivity (Wildman–Crippen MR) is 139 cm³/mol. The van der Waals surface area contributed by atoms with Crippen molar-refractivity contribution < 1.29 is 19.1 Å². The second-order valence-corrected chi connectivity index (χ2v) is 9.29. The van der Waals surface area contributed by atoms with Gasteiger partial charge >= 0.3 is 6.09 Å². The Labute approximate surface area is 208 Å². The predicted octanol–water partition coefficient (Wildman–Crippen LogP) is 4.31. The third-order valence-corrected chi connectivity index (χ3v) is 5.40. The van der Waals surface area contributed by atoms with E-state index in [1.165, 1.54) is 6.21 Å². The number of hydrogen-bond acceptors (Lipinski definition) is 6. The van der Waals surface area contributed by atoms with Gasteiger partial charge in [0.05, 0.1) is 24.5 Å². The van der Waals surface area contributed by atoms with E-state index in [1.54, 1.807) is 33.9 Å². The van der Waals surface area contributed by atoms with Crippen molar-refractivity contribution in [1.29, 1.82) is 0 Å². The number of para-hydroxylation sites is 1. The molecule has 0 aliphatic carbocycles. The summed E-state index contributed by atoms with van der Waals surface area (Å²) in [7, 11) is 1.61. The minimum absolute atomic E-state index is 0.251. The van der Waals surface area contributed by atoms with E-state index >= 15 is 0 Å². The number of fused-ring (bicyclic) bond motifs is 2. The molecular weight excluding hydrogens is 458 g/mol. The molecule has 2 aromatic heterocycles. The molecule has 4 rings (SSSR count). The number of nitrogens with one attached hydrogen (secondary N) is 3. The molecule has 2 aromatic carbocycles. The molecule has 186 valence electrons. The third-order valence-electron chi connectivity index (χ3n) is 5.40. The van der Waals surface area contributed by atoms with Crippen LogP contribution in [0.1, 0.15) is 32.0 Å². The number of nitrogens with zero attached hydrogens (tertiary/aromatic N) is 2. The Morgan fingerprint density at radius 1 is 1.14 bits per heavy atom. The van der Waals surface area contributed by atoms with Crippen LogP contribution in [0.2, 0.25) is 0 Å². The first kappa shape index (κ1) is 24.7. The SMILES string of the molecule is COc1ccc2nc(/C=N\NC(=O)[C@@H](Cc3c[nH]c4ccccc34)NC(=O)OC(C)(C)C)ccc2c1. The molecule has 0 radical (unpaired) electrons. The fourth-order valence-electron chi connectivity index (χ4n) is 3.74. The molecule has 3 N–H and O–H groups in total. The molecule has 9 heteroatoms. The number of amides is 2. The van der Waals surface area contributed by atoms with Crippen LogP contribution in [-0.2, 0) is 16.0 Å². The van der Waals surface area contributed by atoms with E-state index in [0.717, 1.165) is 33.1 Å². The molecule has 0 spiro atoms. The standard InChI is InChI=1S/C27H29N5O4/c1-27(2,3)36-26(34)31-24(14-18-15-28-23-8-6-5-7-21(18)23)25(33)32-29-16-19-10-9-17-13-20(35-4)11-12-22(17)30-19/h5-13,15-16,24,28H,14H2,1-4H3,(H,31,34)(H,32,33)/b29-16-/t24-/m1/s1. The Balaban J connectivity index is 1.49. The quantitative estimate of drug-likeness (QED) is 0.265. The molecule has 0 saturated carbocycles. The molecule has 36 heavy (non-hydrogen) atoms. The summed E-state index contributed by atoms with van der Waals surface area (Å²) in [6, 6.07) is 16.1. The van der Waals surface area contributed by atoms with Gasteiger partial charge in [-0.2, -0.15) is 5.10 Å². The third kappa shape index (κ3) is 6.18. The zero-order valence-corrected chi connectivity index (χ0v) is 20.7. The van der Waals surface area contributed by atoms with Crippen molar-refractivity contribution in [1.82, 2.24) is 20.7 Å². The highest BCUT2D eigenvalue weighted by Crippen LogP contribution is 2.20. The van der Waals surface area contributed by atoms with Crippen molar-refractivity contribution in [2.75, 3.05) is 7.11 Å². The van der Waals surface area contributed by atoms with Crippen molar-refractivity contribution in [3.05, 3.63) is 72.1 Å². The Hall–Kier alpha value is -4.40. The number of pyridine rings is 1. The monoisotopic (exact) mass is 487 g/mol. The van der Waals surface area contributed by atoms with Gasteiger partial charge in [0.2, 0.25) is 0 Å². The van der Waals surface area contributed by atoms with Crippen LogP contribution in [0.4, 0.5) is 4.79 Å². The van der Waals surface area contributed by atoms with Gasteiger partial charge in [-0.3, -0.25) is 4.79 Å². The first-order chi connectivity index (χ1) is 17.2. The van der Waals surface area contributed by atoms with Gasteiger partial charge in [0.1, 0.15) is 17.4 Å². The lowest BCUT2D eigenvalue weighted by Crippen LogP contribution is -2.48. The summed E-state index contributed by atoms with van der Waals surface area (Å²) < 4.78 is 10.6. The van der Waals surface area contributed by atoms with Gasteiger partial charge in [-0.05, 0) is 56.7 Å². The van der Waals surface area contributed by atoms with Gasteiger partial charge in [-0.25, -0.2) is 15.2 Å². The summed E-state index contributed by atoms with van der Waals surface area (Å²) >= 11 is 0. The molecule has 0 bridgehead atoms. The maximum Gasteiger partial charge on any atom is 0.408 e. The number of carbonyl (C=O) groups excluding carboxylic acids is 2. The van der Waals surface area contributed by atoms with E-state index in [1.807, 2.05) is 54.7 Å². The molecular formula is C27H29N5O4. The van der Waals surface area contributed by atoms with E-state index in [9.17, 15) is 9.59 Å². The van der Waals surface area contributed by atoms with Crippen molar-refractivity contribution in [2.24, 2.45) is 5.10 Å². The minimum atomic E-state index is -0.909. The smallest absolute Gasteiger partial charge is 0.408 e. The molecule has 9 nitrogen and oxygen atoms in total. The Morgan fingerprint density at radius 3 is 2.72 bits per heavy atom. The maximum atomic E-state index is 13.0. The van der Waals surface area contributed by atoms with Crippen LogP contribution >= 0.6 is 0 Å². The molecule has 1 atom stereocenters. The number of H-pyrrole nitrogens is 1. The van der Waals surface area contributed by atoms with Gasteiger partial charge in [-0.15, -0.1) is 0 Å². The largest absolute Gasteiger partial charge is 0.497 e. The number of alkyl carbamates (subject to hydrolysis) is 1. The summed E-state index contributed by atoms with van der Waals surface area (Å²) in [5, 5.41) is 8.64. The number of hydrogen-bond donors (Lipinski definition) is 3. The normalized spacial score (nSPS) is 12.6. The van der Waals surface area contributed by atoms with Gasteiger partial charge in [0.15, 0.2) is 0 Å². The van der Waals surface area contributed by atoms with Gasteiger partial charge < -0.3 is 19.8 Å². The van der Waals surface area contributed by atoms with Crippen molar-refractivity contribution >= 4 is 40.0 Å². The van der Waals surface area contributed by atoms with Crippen LogP contribution in [0.25, 0.3) is 21.8 Å². The van der Waals surface area contributed by atoms with Crippen LogP contribution in [-0.4, -0.2) is 46.9 Å². The summed E-state index contributed by atoms with van der Waals surface area (Å²) in [6.07, 6.45) is 2.86. The zero-order valence-electron chi connectivity index (χ0n) is 20.7. The number of methoxy groups -OCH3 is 1. The molecule has 0 aliphatic rings. The molecule has 0 fully saturated rings. The van der Waals surface area contributed by atoms with E-state index < -0.39 is 23.6 Å². The topological polar surface area (TPSA) is 118 Å². The van der Waals surface area contributed by atoms with Crippen LogP contribution in [0, 0.1) is 0 Å². The second-order valence-electron chi connectivity index (χ2n) is 9.29. The van der Waals surface area contributed by atoms with Gasteiger partial charge in [-0.1, -0.05) is 24.3 Å². The first-order valence-corrected chi connectivity index (χ1v) is 11.5. The van der Waals surface area contributed by atoms with Crippen molar-refractivity contribution in [3.63, 3.8) is 0 Å². The average molecular weight is 488 g/mol. The number of benzene rings is 2. The van der Waals surface area contributed by atoms with Crippen LogP contribution < -0.4 is 15.5 Å². The highest BCUT2D eigenvalue weighted by Gasteiger charge is 2.25. The number of rotatable bonds is 7. The van der Waals surface area contributed by atoms with Gasteiger partial charge in [0.25, 0.3) is 5.91 Å². The number of ether oxygens (including phenoxy) is 2. The lowest BCUT2D eigenvalue weighted by Gasteiger charge is -2.22. The summed E-state index contributed by atoms with van der Waals surface area (Å²) in [4.78, 5) is 33.2. The maximum absolute atomic E-state index is 13.0. The number of hydrazone groups is 1. The zero-order chi connectivity index (χ0) is 25.7. The summed E-state index contributed by atoms with van der Waals surface area (Å²) in [6.45, 7) is 5.29. The Kier molecular flexibility index (Phi) is 7.19. The van der Waals surface area contributed by atoms with E-state index in [-0.39, 0.29) is 6.42 Å². The van der Waals surface area contributed by atoms with Gasteiger partial charge in [0, 0.05) is 28.9 Å². The molecule has 2 heterocycles. The number of aromatic amines is 1. The van der Waals surface area contributed by atoms with Crippen molar-refractivity contribution in [2.45, 2.75) is 38.8 Å². The minimum Gasteiger partial charge on any atom is -0.497 e. The van der Waals surface area contributed by atoms with E-state index in [4.69, 9.17) is 9.47 Å². The molecule has 0 unspecified atom stereocenters. The summed E-state index contributed by atoms with van der Waals surface area (Å²) in [5.74, 6) is 0.268. The second kappa shape index (κ2) is 10.5. The summed E-state index contributed by atoms with van der Waals surface area (Å²) in [5.41, 5.74) is 4.99. The highest BCUT2D eigenvalue weighted by atomic mass is 16.6. The first-order valence-electron chi connectivity index (χ1n) is 11.5. The molecule has 4 aromatic rings. The lowest BCUT2D eigenvalue weighted by molar-refractivity contribution is -0.123. The van der Waals surface area contributed by atoms with Crippen LogP contribution in [0.15, 0.2) is 65.9 Å². The van der Waals surface area contributed by atoms with Crippen LogP contribution in [0.3, 0.4) is 0 Å². The number of aromatic nitrogens is 2. The fourth-order valence-corrected chi connectivity index (χ4v) is 3.74. The lowest BCUT2D eigenvalue weighted by atomic mass is 10.0. The molecule has 0 saturated heterocycles. The van der Waals surface area contributed by atoms with Crippen LogP contribution in [0.5, 0.6) is 5.75 Å². The Morgan fingerprint density at radius 2 is 1.94 bits per heavy atom.